The molecule has 150 valence electrons. The highest BCUT2D eigenvalue weighted by Gasteiger charge is 2.28. The van der Waals surface area contributed by atoms with Crippen molar-refractivity contribution >= 4 is 27.7 Å². The summed E-state index contributed by atoms with van der Waals surface area (Å²) >= 11 is 3.38. The monoisotopic (exact) mass is 446 g/mol. The normalized spacial score (nSPS) is 11.5. The lowest BCUT2D eigenvalue weighted by molar-refractivity contribution is -0.143. The van der Waals surface area contributed by atoms with Gasteiger partial charge in [0.1, 0.15) is 11.8 Å². The molecule has 5 nitrogen and oxygen atoms in total. The molecule has 6 heteroatoms. The molecule has 0 fully saturated rings. The highest BCUT2D eigenvalue weighted by atomic mass is 79.9. The van der Waals surface area contributed by atoms with Crippen molar-refractivity contribution in [1.29, 1.82) is 0 Å². The number of hydrogen-bond donors (Lipinski definition) is 1. The Bertz CT molecular complexity index is 750. The number of carbonyl (C=O) groups is 2. The van der Waals surface area contributed by atoms with Crippen molar-refractivity contribution in [2.45, 2.75) is 39.3 Å². The summed E-state index contributed by atoms with van der Waals surface area (Å²) in [5, 5.41) is 2.91. The SMILES string of the molecule is CCCNC(=O)C(CC)N(Cc1ccccc1)C(=O)COc1ccc(Br)cc1. The molecule has 0 aliphatic rings. The third-order valence-corrected chi connectivity index (χ3v) is 4.84. The molecule has 0 saturated heterocycles. The van der Waals surface area contributed by atoms with Crippen molar-refractivity contribution < 1.29 is 14.3 Å². The van der Waals surface area contributed by atoms with E-state index in [1.807, 2.05) is 56.3 Å². The van der Waals surface area contributed by atoms with Gasteiger partial charge in [0.05, 0.1) is 0 Å². The lowest BCUT2D eigenvalue weighted by atomic mass is 10.1. The van der Waals surface area contributed by atoms with Crippen LogP contribution in [0.25, 0.3) is 0 Å². The number of rotatable bonds is 10. The van der Waals surface area contributed by atoms with Gasteiger partial charge >= 0.3 is 0 Å². The van der Waals surface area contributed by atoms with Gasteiger partial charge in [0.25, 0.3) is 5.91 Å². The van der Waals surface area contributed by atoms with Crippen LogP contribution in [0.15, 0.2) is 59.1 Å². The van der Waals surface area contributed by atoms with Gasteiger partial charge in [-0.25, -0.2) is 0 Å². The Morgan fingerprint density at radius 3 is 2.36 bits per heavy atom. The summed E-state index contributed by atoms with van der Waals surface area (Å²) in [7, 11) is 0. The van der Waals surface area contributed by atoms with Gasteiger partial charge in [0.2, 0.25) is 5.91 Å². The van der Waals surface area contributed by atoms with Gasteiger partial charge in [-0.15, -0.1) is 0 Å². The maximum absolute atomic E-state index is 13.0. The Morgan fingerprint density at radius 2 is 1.75 bits per heavy atom. The van der Waals surface area contributed by atoms with Gasteiger partial charge in [-0.1, -0.05) is 60.1 Å². The molecule has 1 unspecified atom stereocenters. The largest absolute Gasteiger partial charge is 0.484 e. The van der Waals surface area contributed by atoms with Crippen LogP contribution in [0.3, 0.4) is 0 Å². The predicted molar refractivity (Wildman–Crippen MR) is 114 cm³/mol. The zero-order valence-electron chi connectivity index (χ0n) is 16.4. The van der Waals surface area contributed by atoms with Crippen LogP contribution in [0.4, 0.5) is 0 Å². The summed E-state index contributed by atoms with van der Waals surface area (Å²) < 4.78 is 6.59. The maximum atomic E-state index is 13.0. The summed E-state index contributed by atoms with van der Waals surface area (Å²) in [6.07, 6.45) is 1.38. The van der Waals surface area contributed by atoms with E-state index in [1.54, 1.807) is 17.0 Å². The molecule has 0 aliphatic heterocycles. The standard InChI is InChI=1S/C22H27BrN2O3/c1-3-14-24-22(27)20(4-2)25(15-17-8-6-5-7-9-17)21(26)16-28-19-12-10-18(23)11-13-19/h5-13,20H,3-4,14-16H2,1-2H3,(H,24,27). The minimum Gasteiger partial charge on any atom is -0.484 e. The molecular formula is C22H27BrN2O3. The lowest BCUT2D eigenvalue weighted by Crippen LogP contribution is -2.50. The van der Waals surface area contributed by atoms with Crippen LogP contribution in [0.1, 0.15) is 32.3 Å². The van der Waals surface area contributed by atoms with E-state index in [0.29, 0.717) is 25.3 Å². The van der Waals surface area contributed by atoms with Crippen molar-refractivity contribution in [1.82, 2.24) is 10.2 Å². The second-order valence-electron chi connectivity index (χ2n) is 6.46. The zero-order valence-corrected chi connectivity index (χ0v) is 17.9. The molecular weight excluding hydrogens is 420 g/mol. The minimum absolute atomic E-state index is 0.119. The molecule has 2 aromatic rings. The fourth-order valence-electron chi connectivity index (χ4n) is 2.82. The average molecular weight is 447 g/mol. The van der Waals surface area contributed by atoms with Crippen LogP contribution < -0.4 is 10.1 Å². The summed E-state index contributed by atoms with van der Waals surface area (Å²) in [4.78, 5) is 27.2. The first kappa shape index (κ1) is 22.0. The van der Waals surface area contributed by atoms with Crippen LogP contribution >= 0.6 is 15.9 Å². The fraction of sp³-hybridized carbons (Fsp3) is 0.364. The Hall–Kier alpha value is -2.34. The molecule has 2 amide bonds. The van der Waals surface area contributed by atoms with Crippen molar-refractivity contribution in [3.05, 3.63) is 64.6 Å². The topological polar surface area (TPSA) is 58.6 Å². The number of hydrogen-bond acceptors (Lipinski definition) is 3. The number of amides is 2. The fourth-order valence-corrected chi connectivity index (χ4v) is 3.09. The van der Waals surface area contributed by atoms with Crippen molar-refractivity contribution in [2.24, 2.45) is 0 Å². The van der Waals surface area contributed by atoms with Crippen LogP contribution in [0, 0.1) is 0 Å². The van der Waals surface area contributed by atoms with Crippen molar-refractivity contribution in [3.63, 3.8) is 0 Å². The van der Waals surface area contributed by atoms with E-state index < -0.39 is 6.04 Å². The zero-order chi connectivity index (χ0) is 20.4. The number of nitrogens with zero attached hydrogens (tertiary/aromatic N) is 1. The van der Waals surface area contributed by atoms with Gasteiger partial charge in [-0.2, -0.15) is 0 Å². The molecule has 0 aromatic heterocycles. The molecule has 0 spiro atoms. The molecule has 1 N–H and O–H groups in total. The van der Waals surface area contributed by atoms with E-state index in [1.165, 1.54) is 0 Å². The maximum Gasteiger partial charge on any atom is 0.261 e. The van der Waals surface area contributed by atoms with Gasteiger partial charge in [-0.05, 0) is 42.7 Å². The van der Waals surface area contributed by atoms with E-state index >= 15 is 0 Å². The van der Waals surface area contributed by atoms with Crippen LogP contribution in [0.5, 0.6) is 5.75 Å². The highest BCUT2D eigenvalue weighted by Crippen LogP contribution is 2.17. The molecule has 0 bridgehead atoms. The molecule has 28 heavy (non-hydrogen) atoms. The quantitative estimate of drug-likeness (QED) is 0.595. The summed E-state index contributed by atoms with van der Waals surface area (Å²) in [5.41, 5.74) is 0.973. The first-order valence-electron chi connectivity index (χ1n) is 9.54. The lowest BCUT2D eigenvalue weighted by Gasteiger charge is -2.30. The highest BCUT2D eigenvalue weighted by molar-refractivity contribution is 9.10. The van der Waals surface area contributed by atoms with E-state index in [0.717, 1.165) is 16.5 Å². The molecule has 1 atom stereocenters. The number of halogens is 1. The summed E-state index contributed by atoms with van der Waals surface area (Å²) in [6.45, 7) is 4.75. The number of benzene rings is 2. The Balaban J connectivity index is 2.14. The minimum atomic E-state index is -0.534. The van der Waals surface area contributed by atoms with Crippen molar-refractivity contribution in [2.75, 3.05) is 13.2 Å². The third-order valence-electron chi connectivity index (χ3n) is 4.31. The van der Waals surface area contributed by atoms with Gasteiger partial charge < -0.3 is 15.0 Å². The van der Waals surface area contributed by atoms with E-state index in [2.05, 4.69) is 21.2 Å². The van der Waals surface area contributed by atoms with Gasteiger partial charge in [-0.3, -0.25) is 9.59 Å². The van der Waals surface area contributed by atoms with Crippen LogP contribution in [0.2, 0.25) is 0 Å². The average Bonchev–Trinajstić information content (AvgIpc) is 2.72. The van der Waals surface area contributed by atoms with E-state index in [9.17, 15) is 9.59 Å². The summed E-state index contributed by atoms with van der Waals surface area (Å²) in [6, 6.07) is 16.4. The van der Waals surface area contributed by atoms with E-state index in [-0.39, 0.29) is 18.4 Å². The molecule has 2 aromatic carbocycles. The number of nitrogens with one attached hydrogen (secondary N) is 1. The first-order chi connectivity index (χ1) is 13.5. The van der Waals surface area contributed by atoms with Gasteiger partial charge in [0, 0.05) is 17.6 Å². The molecule has 0 aliphatic carbocycles. The van der Waals surface area contributed by atoms with Crippen LogP contribution in [-0.4, -0.2) is 35.9 Å². The summed E-state index contributed by atoms with van der Waals surface area (Å²) in [5.74, 6) is 0.266. The number of carbonyl (C=O) groups excluding carboxylic acids is 2. The predicted octanol–water partition coefficient (Wildman–Crippen LogP) is 4.16. The van der Waals surface area contributed by atoms with E-state index in [4.69, 9.17) is 4.74 Å². The second kappa shape index (κ2) is 11.5. The van der Waals surface area contributed by atoms with Crippen LogP contribution in [-0.2, 0) is 16.1 Å². The molecule has 2 rings (SSSR count). The Labute approximate surface area is 175 Å². The molecule has 0 saturated carbocycles. The van der Waals surface area contributed by atoms with Crippen molar-refractivity contribution in [3.8, 4) is 5.75 Å². The Morgan fingerprint density at radius 1 is 1.07 bits per heavy atom. The number of ether oxygens (including phenoxy) is 1. The Kier molecular flexibility index (Phi) is 9.01. The molecule has 0 heterocycles. The molecule has 0 radical (unpaired) electrons. The smallest absolute Gasteiger partial charge is 0.261 e. The first-order valence-corrected chi connectivity index (χ1v) is 10.3. The third kappa shape index (κ3) is 6.68. The second-order valence-corrected chi connectivity index (χ2v) is 7.38. The van der Waals surface area contributed by atoms with Gasteiger partial charge in [0.15, 0.2) is 6.61 Å².